The number of carbonyl (C=O) groups is 1. The van der Waals surface area contributed by atoms with E-state index in [1.165, 1.54) is 6.07 Å². The summed E-state index contributed by atoms with van der Waals surface area (Å²) in [6, 6.07) is 4.71. The second kappa shape index (κ2) is 6.19. The fourth-order valence-corrected chi connectivity index (χ4v) is 2.00. The lowest BCUT2D eigenvalue weighted by Gasteiger charge is -2.09. The highest BCUT2D eigenvalue weighted by atomic mass is 35.5. The molecule has 1 rings (SSSR count). The number of thioether (sulfide) groups is 1. The number of benzene rings is 1. The standard InChI is InChI=1S/C10H10ClF3N2OS/c11-6-1-2-8(7(15)3-6)18-4-9(17)16-5-10(12,13)14/h1-3H,4-5,15H2,(H,16,17). The van der Waals surface area contributed by atoms with Crippen LogP contribution in [0.5, 0.6) is 0 Å². The Bertz CT molecular complexity index is 440. The van der Waals surface area contributed by atoms with E-state index in [1.807, 2.05) is 0 Å². The second-order valence-corrected chi connectivity index (χ2v) is 4.82. The summed E-state index contributed by atoms with van der Waals surface area (Å²) < 4.78 is 35.5. The fourth-order valence-electron chi connectivity index (χ4n) is 1.04. The van der Waals surface area contributed by atoms with Gasteiger partial charge in [-0.05, 0) is 18.2 Å². The Morgan fingerprint density at radius 3 is 2.67 bits per heavy atom. The van der Waals surface area contributed by atoms with Crippen LogP contribution >= 0.6 is 23.4 Å². The maximum atomic E-state index is 11.8. The first-order valence-electron chi connectivity index (χ1n) is 4.79. The smallest absolute Gasteiger partial charge is 0.398 e. The van der Waals surface area contributed by atoms with Gasteiger partial charge in [0.1, 0.15) is 6.54 Å². The van der Waals surface area contributed by atoms with Crippen molar-refractivity contribution in [2.75, 3.05) is 18.0 Å². The highest BCUT2D eigenvalue weighted by Crippen LogP contribution is 2.27. The molecule has 1 aromatic rings. The molecule has 0 aromatic heterocycles. The lowest BCUT2D eigenvalue weighted by molar-refractivity contribution is -0.136. The minimum Gasteiger partial charge on any atom is -0.398 e. The summed E-state index contributed by atoms with van der Waals surface area (Å²) in [5.74, 6) is -0.839. The Hall–Kier alpha value is -1.08. The number of nitrogen functional groups attached to an aromatic ring is 1. The van der Waals surface area contributed by atoms with Gasteiger partial charge in [0, 0.05) is 15.6 Å². The van der Waals surface area contributed by atoms with Gasteiger partial charge in [0.25, 0.3) is 0 Å². The molecule has 0 atom stereocenters. The molecule has 18 heavy (non-hydrogen) atoms. The molecule has 0 fully saturated rings. The Morgan fingerprint density at radius 2 is 2.11 bits per heavy atom. The number of anilines is 1. The van der Waals surface area contributed by atoms with E-state index in [-0.39, 0.29) is 5.75 Å². The van der Waals surface area contributed by atoms with Crippen molar-refractivity contribution in [1.82, 2.24) is 5.32 Å². The zero-order valence-corrected chi connectivity index (χ0v) is 10.6. The van der Waals surface area contributed by atoms with Crippen molar-refractivity contribution in [2.45, 2.75) is 11.1 Å². The first-order valence-corrected chi connectivity index (χ1v) is 6.15. The van der Waals surface area contributed by atoms with E-state index in [9.17, 15) is 18.0 Å². The van der Waals surface area contributed by atoms with Gasteiger partial charge in [0.15, 0.2) is 0 Å². The number of alkyl halides is 3. The van der Waals surface area contributed by atoms with Crippen molar-refractivity contribution >= 4 is 35.0 Å². The largest absolute Gasteiger partial charge is 0.405 e. The van der Waals surface area contributed by atoms with Crippen LogP contribution in [0.15, 0.2) is 23.1 Å². The molecular formula is C10H10ClF3N2OS. The number of hydrogen-bond donors (Lipinski definition) is 2. The minimum absolute atomic E-state index is 0.137. The van der Waals surface area contributed by atoms with E-state index in [0.717, 1.165) is 11.8 Å². The van der Waals surface area contributed by atoms with E-state index < -0.39 is 18.6 Å². The van der Waals surface area contributed by atoms with Crippen LogP contribution in [0, 0.1) is 0 Å². The summed E-state index contributed by atoms with van der Waals surface area (Å²) >= 11 is 6.74. The van der Waals surface area contributed by atoms with Gasteiger partial charge in [-0.15, -0.1) is 11.8 Å². The summed E-state index contributed by atoms with van der Waals surface area (Å²) in [5.41, 5.74) is 6.02. The van der Waals surface area contributed by atoms with Crippen LogP contribution in [0.25, 0.3) is 0 Å². The molecule has 1 amide bonds. The summed E-state index contributed by atoms with van der Waals surface area (Å²) in [6.45, 7) is -1.33. The molecule has 0 bridgehead atoms. The van der Waals surface area contributed by atoms with Crippen LogP contribution in [0.1, 0.15) is 0 Å². The van der Waals surface area contributed by atoms with Gasteiger partial charge in [-0.2, -0.15) is 13.2 Å². The Kier molecular flexibility index (Phi) is 5.15. The number of nitrogens with one attached hydrogen (secondary N) is 1. The molecular weight excluding hydrogens is 289 g/mol. The van der Waals surface area contributed by atoms with E-state index in [1.54, 1.807) is 17.4 Å². The molecule has 0 aliphatic carbocycles. The summed E-state index contributed by atoms with van der Waals surface area (Å²) in [6.07, 6.45) is -4.40. The highest BCUT2D eigenvalue weighted by Gasteiger charge is 2.27. The maximum Gasteiger partial charge on any atom is 0.405 e. The van der Waals surface area contributed by atoms with E-state index in [0.29, 0.717) is 15.6 Å². The molecule has 0 unspecified atom stereocenters. The Morgan fingerprint density at radius 1 is 1.44 bits per heavy atom. The molecule has 0 aliphatic heterocycles. The molecule has 0 heterocycles. The van der Waals surface area contributed by atoms with Crippen LogP contribution < -0.4 is 11.1 Å². The molecule has 0 saturated heterocycles. The van der Waals surface area contributed by atoms with Gasteiger partial charge in [-0.3, -0.25) is 4.79 Å². The van der Waals surface area contributed by atoms with Gasteiger partial charge >= 0.3 is 6.18 Å². The number of amides is 1. The molecule has 1 aromatic carbocycles. The Balaban J connectivity index is 2.43. The topological polar surface area (TPSA) is 55.1 Å². The number of halogens is 4. The van der Waals surface area contributed by atoms with Gasteiger partial charge in [0.05, 0.1) is 5.75 Å². The molecule has 100 valence electrons. The lowest BCUT2D eigenvalue weighted by atomic mass is 10.3. The second-order valence-electron chi connectivity index (χ2n) is 3.36. The van der Waals surface area contributed by atoms with Crippen LogP contribution in [-0.2, 0) is 4.79 Å². The first kappa shape index (κ1) is 15.0. The van der Waals surface area contributed by atoms with Crippen molar-refractivity contribution in [1.29, 1.82) is 0 Å². The molecule has 3 nitrogen and oxygen atoms in total. The first-order chi connectivity index (χ1) is 8.28. The van der Waals surface area contributed by atoms with Gasteiger partial charge in [-0.25, -0.2) is 0 Å². The summed E-state index contributed by atoms with van der Waals surface area (Å²) in [7, 11) is 0. The zero-order valence-electron chi connectivity index (χ0n) is 9.05. The van der Waals surface area contributed by atoms with Crippen LogP contribution in [-0.4, -0.2) is 24.4 Å². The van der Waals surface area contributed by atoms with Crippen molar-refractivity contribution in [3.05, 3.63) is 23.2 Å². The molecule has 0 radical (unpaired) electrons. The van der Waals surface area contributed by atoms with Crippen LogP contribution in [0.4, 0.5) is 18.9 Å². The van der Waals surface area contributed by atoms with E-state index in [2.05, 4.69) is 0 Å². The fraction of sp³-hybridized carbons (Fsp3) is 0.300. The van der Waals surface area contributed by atoms with E-state index >= 15 is 0 Å². The van der Waals surface area contributed by atoms with Crippen molar-refractivity contribution in [3.8, 4) is 0 Å². The molecule has 0 saturated carbocycles. The maximum absolute atomic E-state index is 11.8. The normalized spacial score (nSPS) is 11.3. The van der Waals surface area contributed by atoms with Crippen molar-refractivity contribution in [3.63, 3.8) is 0 Å². The van der Waals surface area contributed by atoms with Crippen LogP contribution in [0.2, 0.25) is 5.02 Å². The monoisotopic (exact) mass is 298 g/mol. The lowest BCUT2D eigenvalue weighted by Crippen LogP contribution is -2.34. The predicted octanol–water partition coefficient (Wildman–Crippen LogP) is 2.69. The number of hydrogen-bond acceptors (Lipinski definition) is 3. The van der Waals surface area contributed by atoms with Crippen molar-refractivity contribution < 1.29 is 18.0 Å². The number of rotatable bonds is 4. The highest BCUT2D eigenvalue weighted by molar-refractivity contribution is 8.00. The van der Waals surface area contributed by atoms with Gasteiger partial charge in [0.2, 0.25) is 5.91 Å². The van der Waals surface area contributed by atoms with Crippen LogP contribution in [0.3, 0.4) is 0 Å². The van der Waals surface area contributed by atoms with Gasteiger partial charge < -0.3 is 11.1 Å². The zero-order chi connectivity index (χ0) is 13.8. The Labute approximate surface area is 111 Å². The molecule has 3 N–H and O–H groups in total. The van der Waals surface area contributed by atoms with Crippen molar-refractivity contribution in [2.24, 2.45) is 0 Å². The minimum atomic E-state index is -4.40. The van der Waals surface area contributed by atoms with E-state index in [4.69, 9.17) is 17.3 Å². The number of nitrogens with two attached hydrogens (primary N) is 1. The predicted molar refractivity (Wildman–Crippen MR) is 65.7 cm³/mol. The third-order valence-corrected chi connectivity index (χ3v) is 3.14. The molecule has 8 heteroatoms. The summed E-state index contributed by atoms with van der Waals surface area (Å²) in [5, 5.41) is 2.23. The average molecular weight is 299 g/mol. The third kappa shape index (κ3) is 5.50. The van der Waals surface area contributed by atoms with Gasteiger partial charge in [-0.1, -0.05) is 11.6 Å². The average Bonchev–Trinajstić information content (AvgIpc) is 2.24. The third-order valence-electron chi connectivity index (χ3n) is 1.82. The summed E-state index contributed by atoms with van der Waals surface area (Å²) in [4.78, 5) is 11.7. The molecule has 0 spiro atoms. The SMILES string of the molecule is Nc1cc(Cl)ccc1SCC(=O)NCC(F)(F)F. The number of carbonyl (C=O) groups excluding carboxylic acids is 1. The molecule has 0 aliphatic rings. The quantitative estimate of drug-likeness (QED) is 0.664.